The van der Waals surface area contributed by atoms with Crippen LogP contribution in [0.1, 0.15) is 19.1 Å². The lowest BCUT2D eigenvalue weighted by molar-refractivity contribution is -0.118. The molecule has 3 N–H and O–H groups in total. The SMILES string of the molecule is CC(N)CCSCC(=O)NCc1ccco1. The highest BCUT2D eigenvalue weighted by Gasteiger charge is 2.03. The molecule has 0 saturated carbocycles. The van der Waals surface area contributed by atoms with Gasteiger partial charge in [0.05, 0.1) is 18.6 Å². The molecule has 1 aromatic rings. The van der Waals surface area contributed by atoms with E-state index in [1.165, 1.54) is 0 Å². The Morgan fingerprint density at radius 2 is 2.50 bits per heavy atom. The zero-order valence-electron chi connectivity index (χ0n) is 9.44. The van der Waals surface area contributed by atoms with Crippen molar-refractivity contribution in [2.75, 3.05) is 11.5 Å². The van der Waals surface area contributed by atoms with E-state index in [1.807, 2.05) is 13.0 Å². The van der Waals surface area contributed by atoms with E-state index in [4.69, 9.17) is 10.2 Å². The van der Waals surface area contributed by atoms with E-state index < -0.39 is 0 Å². The van der Waals surface area contributed by atoms with Crippen LogP contribution < -0.4 is 11.1 Å². The molecule has 0 aliphatic rings. The maximum Gasteiger partial charge on any atom is 0.230 e. The third kappa shape index (κ3) is 5.82. The number of nitrogens with two attached hydrogens (primary N) is 1. The molecule has 5 heteroatoms. The van der Waals surface area contributed by atoms with Crippen LogP contribution in [-0.2, 0) is 11.3 Å². The molecule has 90 valence electrons. The van der Waals surface area contributed by atoms with Gasteiger partial charge in [0.15, 0.2) is 0 Å². The predicted octanol–water partition coefficient (Wildman–Crippen LogP) is 1.37. The second-order valence-corrected chi connectivity index (χ2v) is 4.78. The van der Waals surface area contributed by atoms with Gasteiger partial charge in [-0.15, -0.1) is 0 Å². The number of hydrogen-bond donors (Lipinski definition) is 2. The zero-order chi connectivity index (χ0) is 11.8. The van der Waals surface area contributed by atoms with Crippen LogP contribution in [0.5, 0.6) is 0 Å². The Morgan fingerprint density at radius 3 is 3.12 bits per heavy atom. The number of thioether (sulfide) groups is 1. The Morgan fingerprint density at radius 1 is 1.69 bits per heavy atom. The van der Waals surface area contributed by atoms with Gasteiger partial charge in [-0.2, -0.15) is 11.8 Å². The molecule has 1 amide bonds. The Labute approximate surface area is 100.0 Å². The average Bonchev–Trinajstić information content (AvgIpc) is 2.74. The first-order chi connectivity index (χ1) is 7.68. The van der Waals surface area contributed by atoms with Gasteiger partial charge in [-0.25, -0.2) is 0 Å². The summed E-state index contributed by atoms with van der Waals surface area (Å²) in [6.45, 7) is 2.43. The molecule has 0 aliphatic heterocycles. The molecule has 1 atom stereocenters. The van der Waals surface area contributed by atoms with E-state index >= 15 is 0 Å². The van der Waals surface area contributed by atoms with Crippen LogP contribution in [0.25, 0.3) is 0 Å². The highest BCUT2D eigenvalue weighted by molar-refractivity contribution is 7.99. The van der Waals surface area contributed by atoms with Gasteiger partial charge in [0.2, 0.25) is 5.91 Å². The lowest BCUT2D eigenvalue weighted by Gasteiger charge is -2.05. The summed E-state index contributed by atoms with van der Waals surface area (Å²) >= 11 is 1.60. The standard InChI is InChI=1S/C11H18N2O2S/c1-9(12)4-6-16-8-11(14)13-7-10-3-2-5-15-10/h2-3,5,9H,4,6-8,12H2,1H3,(H,13,14). The van der Waals surface area contributed by atoms with Crippen molar-refractivity contribution in [2.24, 2.45) is 5.73 Å². The second kappa shape index (κ2) is 7.35. The van der Waals surface area contributed by atoms with Crippen molar-refractivity contribution in [3.63, 3.8) is 0 Å². The Bertz CT molecular complexity index is 299. The molecular weight excluding hydrogens is 224 g/mol. The van der Waals surface area contributed by atoms with Crippen molar-refractivity contribution in [1.29, 1.82) is 0 Å². The van der Waals surface area contributed by atoms with Gasteiger partial charge >= 0.3 is 0 Å². The lowest BCUT2D eigenvalue weighted by Crippen LogP contribution is -2.24. The fraction of sp³-hybridized carbons (Fsp3) is 0.545. The number of amides is 1. The van der Waals surface area contributed by atoms with Crippen molar-refractivity contribution in [3.05, 3.63) is 24.2 Å². The summed E-state index contributed by atoms with van der Waals surface area (Å²) in [6.07, 6.45) is 2.54. The predicted molar refractivity (Wildman–Crippen MR) is 66.1 cm³/mol. The summed E-state index contributed by atoms with van der Waals surface area (Å²) in [4.78, 5) is 11.4. The third-order valence-corrected chi connectivity index (χ3v) is 2.98. The number of rotatable bonds is 7. The number of carbonyl (C=O) groups excluding carboxylic acids is 1. The van der Waals surface area contributed by atoms with Gasteiger partial charge in [0, 0.05) is 6.04 Å². The highest BCUT2D eigenvalue weighted by atomic mass is 32.2. The molecule has 0 aliphatic carbocycles. The molecule has 0 saturated heterocycles. The fourth-order valence-electron chi connectivity index (χ4n) is 1.08. The van der Waals surface area contributed by atoms with E-state index in [9.17, 15) is 4.79 Å². The van der Waals surface area contributed by atoms with Crippen LogP contribution in [0.2, 0.25) is 0 Å². The minimum absolute atomic E-state index is 0.0334. The molecule has 1 aromatic heterocycles. The van der Waals surface area contributed by atoms with Crippen LogP contribution in [0.15, 0.2) is 22.8 Å². The number of carbonyl (C=O) groups is 1. The average molecular weight is 242 g/mol. The van der Waals surface area contributed by atoms with Crippen molar-refractivity contribution in [1.82, 2.24) is 5.32 Å². The van der Waals surface area contributed by atoms with Gasteiger partial charge in [0.25, 0.3) is 0 Å². The van der Waals surface area contributed by atoms with Gasteiger partial charge < -0.3 is 15.5 Å². The molecule has 4 nitrogen and oxygen atoms in total. The third-order valence-electron chi connectivity index (χ3n) is 1.99. The van der Waals surface area contributed by atoms with Gasteiger partial charge in [0.1, 0.15) is 5.76 Å². The number of nitrogens with one attached hydrogen (secondary N) is 1. The summed E-state index contributed by atoms with van der Waals surface area (Å²) in [5, 5.41) is 2.79. The summed E-state index contributed by atoms with van der Waals surface area (Å²) in [5.41, 5.74) is 5.61. The van der Waals surface area contributed by atoms with E-state index in [1.54, 1.807) is 24.1 Å². The van der Waals surface area contributed by atoms with Crippen molar-refractivity contribution >= 4 is 17.7 Å². The first-order valence-corrected chi connectivity index (χ1v) is 6.46. The van der Waals surface area contributed by atoms with Crippen LogP contribution in [0.4, 0.5) is 0 Å². The largest absolute Gasteiger partial charge is 0.467 e. The molecule has 0 bridgehead atoms. The van der Waals surface area contributed by atoms with Crippen molar-refractivity contribution < 1.29 is 9.21 Å². The molecule has 0 spiro atoms. The minimum atomic E-state index is 0.0334. The highest BCUT2D eigenvalue weighted by Crippen LogP contribution is 2.04. The van der Waals surface area contributed by atoms with Gasteiger partial charge in [-0.05, 0) is 31.2 Å². The van der Waals surface area contributed by atoms with Crippen molar-refractivity contribution in [3.8, 4) is 0 Å². The number of furan rings is 1. The first-order valence-electron chi connectivity index (χ1n) is 5.31. The van der Waals surface area contributed by atoms with E-state index in [0.29, 0.717) is 12.3 Å². The van der Waals surface area contributed by atoms with Crippen LogP contribution >= 0.6 is 11.8 Å². The molecule has 1 rings (SSSR count). The fourth-order valence-corrected chi connectivity index (χ4v) is 2.05. The smallest absolute Gasteiger partial charge is 0.230 e. The quantitative estimate of drug-likeness (QED) is 0.709. The topological polar surface area (TPSA) is 68.3 Å². The normalized spacial score (nSPS) is 12.4. The molecule has 0 radical (unpaired) electrons. The minimum Gasteiger partial charge on any atom is -0.467 e. The Balaban J connectivity index is 2.03. The monoisotopic (exact) mass is 242 g/mol. The first kappa shape index (κ1) is 13.1. The molecule has 1 heterocycles. The van der Waals surface area contributed by atoms with E-state index in [2.05, 4.69) is 5.32 Å². The Kier molecular flexibility index (Phi) is 6.03. The summed E-state index contributed by atoms with van der Waals surface area (Å²) in [7, 11) is 0. The molecule has 0 aromatic carbocycles. The number of hydrogen-bond acceptors (Lipinski definition) is 4. The lowest BCUT2D eigenvalue weighted by atomic mass is 10.3. The molecule has 0 fully saturated rings. The van der Waals surface area contributed by atoms with E-state index in [-0.39, 0.29) is 11.9 Å². The van der Waals surface area contributed by atoms with Crippen LogP contribution in [0, 0.1) is 0 Å². The second-order valence-electron chi connectivity index (χ2n) is 3.67. The maximum atomic E-state index is 11.4. The molecule has 1 unspecified atom stereocenters. The van der Waals surface area contributed by atoms with Gasteiger partial charge in [-0.3, -0.25) is 4.79 Å². The van der Waals surface area contributed by atoms with Crippen LogP contribution in [0.3, 0.4) is 0 Å². The van der Waals surface area contributed by atoms with Crippen molar-refractivity contribution in [2.45, 2.75) is 25.9 Å². The summed E-state index contributed by atoms with van der Waals surface area (Å²) in [6, 6.07) is 3.85. The zero-order valence-corrected chi connectivity index (χ0v) is 10.3. The van der Waals surface area contributed by atoms with E-state index in [0.717, 1.165) is 17.9 Å². The molecular formula is C11H18N2O2S. The molecule has 16 heavy (non-hydrogen) atoms. The Hall–Kier alpha value is -0.940. The van der Waals surface area contributed by atoms with Gasteiger partial charge in [-0.1, -0.05) is 0 Å². The summed E-state index contributed by atoms with van der Waals surface area (Å²) < 4.78 is 5.10. The summed E-state index contributed by atoms with van der Waals surface area (Å²) in [5.74, 6) is 2.21. The maximum absolute atomic E-state index is 11.4. The van der Waals surface area contributed by atoms with Crippen LogP contribution in [-0.4, -0.2) is 23.5 Å².